The minimum Gasteiger partial charge on any atom is -0.316 e. The fraction of sp³-hybridized carbons (Fsp3) is 0.111. The normalized spacial score (nSPS) is 11.6. The van der Waals surface area contributed by atoms with Crippen LogP contribution in [0.5, 0.6) is 0 Å². The first-order valence-corrected chi connectivity index (χ1v) is 14.4. The Morgan fingerprint density at radius 1 is 0.949 bits per heavy atom. The Labute approximate surface area is 246 Å². The smallest absolute Gasteiger partial charge is 0.264 e. The number of nitrogens with one attached hydrogen (secondary N) is 1. The van der Waals surface area contributed by atoms with Crippen LogP contribution in [0, 0.1) is 13.8 Å². The molecule has 0 fully saturated rings. The lowest BCUT2D eigenvalue weighted by Crippen LogP contribution is -2.39. The SMILES string of the molecule is Cc1cc(/C=N/NC(=O)CN(c2cccc(Cl)c2Cl)S(=O)(=O)c2ccccc2)c(C)n1-c1ccc(Cl)cc1Cl. The van der Waals surface area contributed by atoms with Crippen molar-refractivity contribution in [3.63, 3.8) is 0 Å². The summed E-state index contributed by atoms with van der Waals surface area (Å²) in [5, 5.41) is 5.22. The molecule has 4 rings (SSSR count). The third kappa shape index (κ3) is 6.26. The maximum absolute atomic E-state index is 13.5. The second-order valence-corrected chi connectivity index (χ2v) is 11.9. The molecule has 1 heterocycles. The zero-order valence-corrected chi connectivity index (χ0v) is 24.5. The first-order valence-electron chi connectivity index (χ1n) is 11.5. The third-order valence-electron chi connectivity index (χ3n) is 5.83. The van der Waals surface area contributed by atoms with E-state index in [0.717, 1.165) is 26.9 Å². The van der Waals surface area contributed by atoms with E-state index in [4.69, 9.17) is 46.4 Å². The Morgan fingerprint density at radius 3 is 2.36 bits per heavy atom. The van der Waals surface area contributed by atoms with E-state index in [1.54, 1.807) is 36.4 Å². The van der Waals surface area contributed by atoms with E-state index in [1.807, 2.05) is 30.5 Å². The van der Waals surface area contributed by atoms with E-state index < -0.39 is 22.5 Å². The van der Waals surface area contributed by atoms with Gasteiger partial charge in [-0.3, -0.25) is 9.10 Å². The van der Waals surface area contributed by atoms with Gasteiger partial charge >= 0.3 is 0 Å². The summed E-state index contributed by atoms with van der Waals surface area (Å²) in [6.45, 7) is 3.21. The minimum absolute atomic E-state index is 0.00303. The molecule has 3 aromatic carbocycles. The van der Waals surface area contributed by atoms with Crippen molar-refractivity contribution in [2.75, 3.05) is 10.8 Å². The summed E-state index contributed by atoms with van der Waals surface area (Å²) in [4.78, 5) is 12.9. The molecule has 1 N–H and O–H groups in total. The maximum Gasteiger partial charge on any atom is 0.264 e. The number of nitrogens with zero attached hydrogens (tertiary/aromatic N) is 3. The highest BCUT2D eigenvalue weighted by molar-refractivity contribution is 7.92. The highest BCUT2D eigenvalue weighted by Gasteiger charge is 2.29. The molecule has 39 heavy (non-hydrogen) atoms. The average Bonchev–Trinajstić information content (AvgIpc) is 3.17. The fourth-order valence-corrected chi connectivity index (χ4v) is 6.39. The molecular weight excluding hydrogens is 602 g/mol. The van der Waals surface area contributed by atoms with Crippen molar-refractivity contribution in [3.8, 4) is 5.69 Å². The van der Waals surface area contributed by atoms with E-state index in [0.29, 0.717) is 10.0 Å². The van der Waals surface area contributed by atoms with Gasteiger partial charge in [0.15, 0.2) is 0 Å². The highest BCUT2D eigenvalue weighted by atomic mass is 35.5. The van der Waals surface area contributed by atoms with Crippen LogP contribution in [0.4, 0.5) is 5.69 Å². The molecule has 0 saturated heterocycles. The number of hydrogen-bond acceptors (Lipinski definition) is 4. The lowest BCUT2D eigenvalue weighted by molar-refractivity contribution is -0.119. The fourth-order valence-electron chi connectivity index (χ4n) is 4.00. The number of benzene rings is 3. The Hall–Kier alpha value is -3.01. The van der Waals surface area contributed by atoms with Gasteiger partial charge in [0, 0.05) is 22.0 Å². The van der Waals surface area contributed by atoms with Gasteiger partial charge in [-0.05, 0) is 62.4 Å². The van der Waals surface area contributed by atoms with E-state index in [2.05, 4.69) is 10.5 Å². The third-order valence-corrected chi connectivity index (χ3v) is 8.95. The number of aromatic nitrogens is 1. The number of aryl methyl sites for hydroxylation is 1. The summed E-state index contributed by atoms with van der Waals surface area (Å²) in [5.74, 6) is -0.684. The summed E-state index contributed by atoms with van der Waals surface area (Å²) in [5.41, 5.74) is 5.66. The molecule has 0 saturated carbocycles. The number of sulfonamides is 1. The first kappa shape index (κ1) is 29.0. The second kappa shape index (κ2) is 12.0. The largest absolute Gasteiger partial charge is 0.316 e. The topological polar surface area (TPSA) is 83.8 Å². The molecule has 0 atom stereocenters. The summed E-state index contributed by atoms with van der Waals surface area (Å²) < 4.78 is 29.8. The maximum atomic E-state index is 13.5. The van der Waals surface area contributed by atoms with E-state index in [9.17, 15) is 13.2 Å². The zero-order valence-electron chi connectivity index (χ0n) is 20.7. The molecular formula is C27H22Cl4N4O3S. The summed E-state index contributed by atoms with van der Waals surface area (Å²) in [6.07, 6.45) is 1.48. The van der Waals surface area contributed by atoms with Crippen molar-refractivity contribution in [2.45, 2.75) is 18.7 Å². The van der Waals surface area contributed by atoms with Gasteiger partial charge in [0.25, 0.3) is 15.9 Å². The number of carbonyl (C=O) groups is 1. The molecule has 0 aliphatic heterocycles. The molecule has 0 aliphatic rings. The predicted molar refractivity (Wildman–Crippen MR) is 158 cm³/mol. The van der Waals surface area contributed by atoms with Crippen LogP contribution < -0.4 is 9.73 Å². The van der Waals surface area contributed by atoms with E-state index >= 15 is 0 Å². The molecule has 1 amide bonds. The molecule has 1 aromatic heterocycles. The molecule has 0 radical (unpaired) electrons. The van der Waals surface area contributed by atoms with Gasteiger partial charge in [-0.2, -0.15) is 5.10 Å². The number of hydrogen-bond donors (Lipinski definition) is 1. The van der Waals surface area contributed by atoms with Crippen molar-refractivity contribution in [1.29, 1.82) is 0 Å². The quantitative estimate of drug-likeness (QED) is 0.169. The van der Waals surface area contributed by atoms with Gasteiger partial charge in [-0.15, -0.1) is 0 Å². The van der Waals surface area contributed by atoms with Crippen LogP contribution in [0.15, 0.2) is 82.8 Å². The van der Waals surface area contributed by atoms with Gasteiger partial charge in [-0.25, -0.2) is 13.8 Å². The molecule has 4 aromatic rings. The molecule has 7 nitrogen and oxygen atoms in total. The Bertz CT molecular complexity index is 1670. The van der Waals surface area contributed by atoms with Crippen LogP contribution in [0.2, 0.25) is 20.1 Å². The van der Waals surface area contributed by atoms with Crippen LogP contribution in [0.3, 0.4) is 0 Å². The van der Waals surface area contributed by atoms with Crippen LogP contribution in [-0.4, -0.2) is 31.7 Å². The van der Waals surface area contributed by atoms with Crippen molar-refractivity contribution in [1.82, 2.24) is 9.99 Å². The number of anilines is 1. The standard InChI is InChI=1S/C27H22Cl4N4O3S/c1-17-13-19(18(2)35(17)24-12-11-20(28)14-23(24)30)15-32-33-26(36)16-34(25-10-6-9-22(29)27(25)31)39(37,38)21-7-4-3-5-8-21/h3-15H,16H2,1-2H3,(H,33,36)/b32-15+. The predicted octanol–water partition coefficient (Wildman–Crippen LogP) is 7.05. The average molecular weight is 624 g/mol. The van der Waals surface area contributed by atoms with Gasteiger partial charge < -0.3 is 4.57 Å². The Balaban J connectivity index is 1.58. The molecule has 12 heteroatoms. The molecule has 0 aliphatic carbocycles. The van der Waals surface area contributed by atoms with Crippen LogP contribution in [0.1, 0.15) is 17.0 Å². The lowest BCUT2D eigenvalue weighted by atomic mass is 10.2. The first-order chi connectivity index (χ1) is 18.5. The highest BCUT2D eigenvalue weighted by Crippen LogP contribution is 2.35. The molecule has 202 valence electrons. The minimum atomic E-state index is -4.16. The lowest BCUT2D eigenvalue weighted by Gasteiger charge is -2.24. The van der Waals surface area contributed by atoms with Gasteiger partial charge in [-0.1, -0.05) is 70.7 Å². The number of carbonyl (C=O) groups excluding carboxylic acids is 1. The second-order valence-electron chi connectivity index (χ2n) is 8.45. The molecule has 0 unspecified atom stereocenters. The number of rotatable bonds is 8. The number of halogens is 4. The van der Waals surface area contributed by atoms with Gasteiger partial charge in [0.05, 0.1) is 37.6 Å². The van der Waals surface area contributed by atoms with Crippen molar-refractivity contribution < 1.29 is 13.2 Å². The molecule has 0 bridgehead atoms. The Kier molecular flexibility index (Phi) is 8.93. The van der Waals surface area contributed by atoms with Crippen molar-refractivity contribution in [2.24, 2.45) is 5.10 Å². The van der Waals surface area contributed by atoms with Gasteiger partial charge in [0.2, 0.25) is 0 Å². The summed E-state index contributed by atoms with van der Waals surface area (Å²) in [6, 6.07) is 19.4. The monoisotopic (exact) mass is 622 g/mol. The van der Waals surface area contributed by atoms with Crippen molar-refractivity contribution in [3.05, 3.63) is 110 Å². The van der Waals surface area contributed by atoms with Crippen molar-refractivity contribution >= 4 is 74.2 Å². The summed E-state index contributed by atoms with van der Waals surface area (Å²) >= 11 is 24.9. The summed E-state index contributed by atoms with van der Waals surface area (Å²) in [7, 11) is -4.16. The number of amides is 1. The number of hydrazone groups is 1. The van der Waals surface area contributed by atoms with E-state index in [1.165, 1.54) is 30.5 Å². The van der Waals surface area contributed by atoms with E-state index in [-0.39, 0.29) is 20.6 Å². The molecule has 0 spiro atoms. The zero-order chi connectivity index (χ0) is 28.3. The van der Waals surface area contributed by atoms with Crippen LogP contribution >= 0.6 is 46.4 Å². The van der Waals surface area contributed by atoms with Crippen LogP contribution in [-0.2, 0) is 14.8 Å². The van der Waals surface area contributed by atoms with Crippen LogP contribution in [0.25, 0.3) is 5.69 Å². The Morgan fingerprint density at radius 2 is 1.67 bits per heavy atom. The van der Waals surface area contributed by atoms with Gasteiger partial charge in [0.1, 0.15) is 6.54 Å².